The van der Waals surface area contributed by atoms with Gasteiger partial charge in [0.25, 0.3) is 0 Å². The van der Waals surface area contributed by atoms with Gasteiger partial charge in [-0.1, -0.05) is 18.2 Å². The zero-order chi connectivity index (χ0) is 15.9. The van der Waals surface area contributed by atoms with Crippen molar-refractivity contribution in [2.24, 2.45) is 4.99 Å². The zero-order valence-corrected chi connectivity index (χ0v) is 14.3. The Bertz CT molecular complexity index is 652. The maximum Gasteiger partial charge on any atom is 0.191 e. The highest BCUT2D eigenvalue weighted by molar-refractivity contribution is 7.09. The largest absolute Gasteiger partial charge is 0.493 e. The first-order valence-corrected chi connectivity index (χ1v) is 9.02. The fourth-order valence-corrected chi connectivity index (χ4v) is 3.25. The number of nitrogens with one attached hydrogen (secondary N) is 2. The number of ether oxygens (including phenoxy) is 1. The van der Waals surface area contributed by atoms with Gasteiger partial charge in [-0.05, 0) is 42.0 Å². The molecule has 1 aliphatic rings. The van der Waals surface area contributed by atoms with Crippen molar-refractivity contribution in [2.75, 3.05) is 19.7 Å². The summed E-state index contributed by atoms with van der Waals surface area (Å²) in [6, 6.07) is 10.7. The predicted octanol–water partition coefficient (Wildman–Crippen LogP) is 2.98. The highest BCUT2D eigenvalue weighted by atomic mass is 32.1. The number of thiophene rings is 1. The summed E-state index contributed by atoms with van der Waals surface area (Å²) in [5.41, 5.74) is 2.68. The lowest BCUT2D eigenvalue weighted by Gasteiger charge is -2.11. The molecule has 0 fully saturated rings. The third kappa shape index (κ3) is 4.48. The van der Waals surface area contributed by atoms with Crippen LogP contribution in [0.4, 0.5) is 0 Å². The molecule has 0 saturated carbocycles. The summed E-state index contributed by atoms with van der Waals surface area (Å²) in [5, 5.41) is 8.79. The molecule has 2 aromatic rings. The Morgan fingerprint density at radius 1 is 1.30 bits per heavy atom. The summed E-state index contributed by atoms with van der Waals surface area (Å²) in [6.45, 7) is 5.37. The van der Waals surface area contributed by atoms with Gasteiger partial charge in [-0.25, -0.2) is 4.99 Å². The fraction of sp³-hybridized carbons (Fsp3) is 0.389. The number of hydrogen-bond donors (Lipinski definition) is 2. The van der Waals surface area contributed by atoms with Crippen molar-refractivity contribution in [1.29, 1.82) is 0 Å². The highest BCUT2D eigenvalue weighted by Gasteiger charge is 2.11. The van der Waals surface area contributed by atoms with Crippen LogP contribution in [0, 0.1) is 0 Å². The zero-order valence-electron chi connectivity index (χ0n) is 13.5. The average molecular weight is 329 g/mol. The number of nitrogens with zero attached hydrogens (tertiary/aromatic N) is 1. The summed E-state index contributed by atoms with van der Waals surface area (Å²) in [4.78, 5) is 5.91. The van der Waals surface area contributed by atoms with Crippen molar-refractivity contribution in [2.45, 2.75) is 26.3 Å². The number of fused-ring (bicyclic) bond motifs is 1. The van der Waals surface area contributed by atoms with E-state index >= 15 is 0 Å². The molecule has 4 nitrogen and oxygen atoms in total. The van der Waals surface area contributed by atoms with Gasteiger partial charge in [0.2, 0.25) is 0 Å². The van der Waals surface area contributed by atoms with Gasteiger partial charge < -0.3 is 15.4 Å². The van der Waals surface area contributed by atoms with Crippen LogP contribution in [0.2, 0.25) is 0 Å². The molecule has 0 spiro atoms. The minimum Gasteiger partial charge on any atom is -0.493 e. The number of rotatable bonds is 6. The van der Waals surface area contributed by atoms with Crippen molar-refractivity contribution < 1.29 is 4.74 Å². The number of guanidine groups is 1. The Hall–Kier alpha value is -2.01. The van der Waals surface area contributed by atoms with E-state index in [1.807, 2.05) is 0 Å². The normalized spacial score (nSPS) is 13.5. The van der Waals surface area contributed by atoms with E-state index in [4.69, 9.17) is 4.74 Å². The first-order chi connectivity index (χ1) is 11.3. The van der Waals surface area contributed by atoms with Crippen molar-refractivity contribution in [3.05, 3.63) is 51.7 Å². The number of aliphatic imine (C=N–C) groups is 1. The maximum atomic E-state index is 5.55. The van der Waals surface area contributed by atoms with Gasteiger partial charge in [-0.15, -0.1) is 11.3 Å². The van der Waals surface area contributed by atoms with Gasteiger partial charge in [0.15, 0.2) is 5.96 Å². The van der Waals surface area contributed by atoms with Crippen molar-refractivity contribution >= 4 is 17.3 Å². The second-order valence-electron chi connectivity index (χ2n) is 5.49. The van der Waals surface area contributed by atoms with Crippen LogP contribution in [0.1, 0.15) is 22.9 Å². The van der Waals surface area contributed by atoms with Crippen LogP contribution in [-0.2, 0) is 19.4 Å². The Morgan fingerprint density at radius 2 is 2.26 bits per heavy atom. The molecule has 3 rings (SSSR count). The van der Waals surface area contributed by atoms with Gasteiger partial charge in [0.1, 0.15) is 5.75 Å². The number of hydrogen-bond acceptors (Lipinski definition) is 3. The predicted molar refractivity (Wildman–Crippen MR) is 96.5 cm³/mol. The van der Waals surface area contributed by atoms with Gasteiger partial charge in [0.05, 0.1) is 13.2 Å². The lowest BCUT2D eigenvalue weighted by Crippen LogP contribution is -2.38. The molecule has 5 heteroatoms. The second-order valence-corrected chi connectivity index (χ2v) is 6.52. The fourth-order valence-electron chi connectivity index (χ4n) is 2.62. The second kappa shape index (κ2) is 8.02. The lowest BCUT2D eigenvalue weighted by molar-refractivity contribution is 0.357. The standard InChI is InChI=1S/C18H23N3OS/c1-2-19-18(21-13-16-4-3-11-23-16)20-9-7-14-5-6-17-15(12-14)8-10-22-17/h3-6,11-12H,2,7-10,13H2,1H3,(H2,19,20,21). The molecule has 0 atom stereocenters. The first-order valence-electron chi connectivity index (χ1n) is 8.14. The molecule has 0 aliphatic carbocycles. The van der Waals surface area contributed by atoms with Crippen molar-refractivity contribution in [3.63, 3.8) is 0 Å². The van der Waals surface area contributed by atoms with Gasteiger partial charge in [-0.3, -0.25) is 0 Å². The number of benzene rings is 1. The molecule has 1 aliphatic heterocycles. The molecule has 23 heavy (non-hydrogen) atoms. The molecule has 0 unspecified atom stereocenters. The van der Waals surface area contributed by atoms with Crippen LogP contribution in [-0.4, -0.2) is 25.7 Å². The van der Waals surface area contributed by atoms with E-state index in [0.29, 0.717) is 0 Å². The molecule has 1 aromatic heterocycles. The maximum absolute atomic E-state index is 5.55. The van der Waals surface area contributed by atoms with E-state index in [-0.39, 0.29) is 0 Å². The Morgan fingerprint density at radius 3 is 3.09 bits per heavy atom. The first kappa shape index (κ1) is 15.9. The molecule has 2 N–H and O–H groups in total. The molecular weight excluding hydrogens is 306 g/mol. The SMILES string of the molecule is CCNC(=NCc1cccs1)NCCc1ccc2c(c1)CCO2. The molecule has 0 saturated heterocycles. The molecular formula is C18H23N3OS. The Labute approximate surface area is 141 Å². The summed E-state index contributed by atoms with van der Waals surface area (Å²) in [7, 11) is 0. The van der Waals surface area contributed by atoms with E-state index in [1.165, 1.54) is 16.0 Å². The molecule has 2 heterocycles. The smallest absolute Gasteiger partial charge is 0.191 e. The highest BCUT2D eigenvalue weighted by Crippen LogP contribution is 2.25. The van der Waals surface area contributed by atoms with Crippen LogP contribution >= 0.6 is 11.3 Å². The van der Waals surface area contributed by atoms with E-state index in [2.05, 4.69) is 58.3 Å². The van der Waals surface area contributed by atoms with Gasteiger partial charge in [-0.2, -0.15) is 0 Å². The molecule has 0 bridgehead atoms. The quantitative estimate of drug-likeness (QED) is 0.633. The third-order valence-electron chi connectivity index (χ3n) is 3.78. The third-order valence-corrected chi connectivity index (χ3v) is 4.64. The van der Waals surface area contributed by atoms with Crippen molar-refractivity contribution in [1.82, 2.24) is 10.6 Å². The summed E-state index contributed by atoms with van der Waals surface area (Å²) >= 11 is 1.74. The molecule has 0 amide bonds. The molecule has 122 valence electrons. The topological polar surface area (TPSA) is 45.7 Å². The summed E-state index contributed by atoms with van der Waals surface area (Å²) in [6.07, 6.45) is 2.01. The van der Waals surface area contributed by atoms with Crippen LogP contribution in [0.3, 0.4) is 0 Å². The minimum atomic E-state index is 0.725. The average Bonchev–Trinajstić information content (AvgIpc) is 3.23. The van der Waals surface area contributed by atoms with E-state index in [1.54, 1.807) is 11.3 Å². The lowest BCUT2D eigenvalue weighted by atomic mass is 10.1. The van der Waals surface area contributed by atoms with Crippen LogP contribution < -0.4 is 15.4 Å². The van der Waals surface area contributed by atoms with Crippen molar-refractivity contribution in [3.8, 4) is 5.75 Å². The summed E-state index contributed by atoms with van der Waals surface area (Å²) < 4.78 is 5.55. The minimum absolute atomic E-state index is 0.725. The summed E-state index contributed by atoms with van der Waals surface area (Å²) in [5.74, 6) is 1.93. The molecule has 1 aromatic carbocycles. The Kier molecular flexibility index (Phi) is 5.53. The molecule has 0 radical (unpaired) electrons. The Balaban J connectivity index is 1.51. The monoisotopic (exact) mass is 329 g/mol. The van der Waals surface area contributed by atoms with E-state index in [0.717, 1.165) is 50.8 Å². The van der Waals surface area contributed by atoms with Crippen LogP contribution in [0.5, 0.6) is 5.75 Å². The van der Waals surface area contributed by atoms with Gasteiger partial charge >= 0.3 is 0 Å². The van der Waals surface area contributed by atoms with E-state index < -0.39 is 0 Å². The van der Waals surface area contributed by atoms with E-state index in [9.17, 15) is 0 Å². The van der Waals surface area contributed by atoms with Crippen LogP contribution in [0.25, 0.3) is 0 Å². The van der Waals surface area contributed by atoms with Gasteiger partial charge in [0, 0.05) is 24.4 Å². The van der Waals surface area contributed by atoms with Crippen LogP contribution in [0.15, 0.2) is 40.7 Å².